The first kappa shape index (κ1) is 24.0. The Hall–Kier alpha value is -3.09. The third kappa shape index (κ3) is 5.69. The van der Waals surface area contributed by atoms with Crippen LogP contribution >= 0.6 is 0 Å². The maximum absolute atomic E-state index is 13.8. The van der Waals surface area contributed by atoms with Crippen LogP contribution in [0.4, 0.5) is 0 Å². The molecular formula is C27H35N3O4. The summed E-state index contributed by atoms with van der Waals surface area (Å²) in [5.41, 5.74) is -0.438. The number of amides is 3. The summed E-state index contributed by atoms with van der Waals surface area (Å²) >= 11 is 0. The standard InChI is InChI=1S/C27H35N3O4/c31-24(19-28-25(32)21-11-4-1-5-12-21)30(20-23-15-10-18-34-23)27(16-8-3-9-17-27)26(33)29-22-13-6-2-7-14-22/h1,4-5,10-12,15,18,22H,2-3,6-9,13-14,16-17,19-20H2,(H,28,32)(H,29,33). The molecule has 7 heteroatoms. The van der Waals surface area contributed by atoms with Crippen LogP contribution in [0.25, 0.3) is 0 Å². The van der Waals surface area contributed by atoms with Crippen LogP contribution in [0.3, 0.4) is 0 Å². The Morgan fingerprint density at radius 1 is 0.912 bits per heavy atom. The van der Waals surface area contributed by atoms with Gasteiger partial charge in [-0.05, 0) is 49.9 Å². The molecule has 34 heavy (non-hydrogen) atoms. The van der Waals surface area contributed by atoms with Crippen molar-refractivity contribution in [3.63, 3.8) is 0 Å². The predicted molar refractivity (Wildman–Crippen MR) is 129 cm³/mol. The van der Waals surface area contributed by atoms with Gasteiger partial charge in [0.05, 0.1) is 19.4 Å². The molecule has 182 valence electrons. The molecule has 0 aliphatic heterocycles. The van der Waals surface area contributed by atoms with Crippen LogP contribution in [0, 0.1) is 0 Å². The average Bonchev–Trinajstić information content (AvgIpc) is 3.40. The highest BCUT2D eigenvalue weighted by Crippen LogP contribution is 2.36. The number of carbonyl (C=O) groups is 3. The second-order valence-electron chi connectivity index (χ2n) is 9.51. The predicted octanol–water partition coefficient (Wildman–Crippen LogP) is 4.19. The molecule has 0 unspecified atom stereocenters. The molecule has 2 N–H and O–H groups in total. The number of hydrogen-bond donors (Lipinski definition) is 2. The van der Waals surface area contributed by atoms with E-state index in [4.69, 9.17) is 4.42 Å². The molecule has 2 fully saturated rings. The molecule has 0 saturated heterocycles. The van der Waals surface area contributed by atoms with Crippen LogP contribution in [-0.2, 0) is 16.1 Å². The molecule has 0 radical (unpaired) electrons. The Kier molecular flexibility index (Phi) is 8.03. The Bertz CT molecular complexity index is 946. The first-order valence-electron chi connectivity index (χ1n) is 12.6. The lowest BCUT2D eigenvalue weighted by atomic mass is 9.78. The fourth-order valence-corrected chi connectivity index (χ4v) is 5.30. The van der Waals surface area contributed by atoms with Gasteiger partial charge in [-0.3, -0.25) is 14.4 Å². The summed E-state index contributed by atoms with van der Waals surface area (Å²) < 4.78 is 5.56. The van der Waals surface area contributed by atoms with Gasteiger partial charge in [-0.1, -0.05) is 56.7 Å². The zero-order valence-electron chi connectivity index (χ0n) is 19.8. The van der Waals surface area contributed by atoms with E-state index in [1.807, 2.05) is 12.1 Å². The summed E-state index contributed by atoms with van der Waals surface area (Å²) in [5.74, 6) is -0.0239. The molecule has 1 heterocycles. The van der Waals surface area contributed by atoms with Gasteiger partial charge in [0, 0.05) is 11.6 Å². The van der Waals surface area contributed by atoms with Crippen molar-refractivity contribution in [3.8, 4) is 0 Å². The lowest BCUT2D eigenvalue weighted by Crippen LogP contribution is -2.63. The maximum Gasteiger partial charge on any atom is 0.251 e. The second-order valence-corrected chi connectivity index (χ2v) is 9.51. The highest BCUT2D eigenvalue weighted by atomic mass is 16.3. The quantitative estimate of drug-likeness (QED) is 0.612. The molecule has 2 aliphatic carbocycles. The maximum atomic E-state index is 13.8. The zero-order chi connectivity index (χ0) is 23.8. The number of benzene rings is 1. The van der Waals surface area contributed by atoms with Gasteiger partial charge in [0.25, 0.3) is 5.91 Å². The molecule has 7 nitrogen and oxygen atoms in total. The minimum atomic E-state index is -0.933. The highest BCUT2D eigenvalue weighted by molar-refractivity contribution is 5.97. The van der Waals surface area contributed by atoms with Crippen molar-refractivity contribution in [2.45, 2.75) is 82.3 Å². The van der Waals surface area contributed by atoms with Crippen molar-refractivity contribution in [3.05, 3.63) is 60.1 Å². The summed E-state index contributed by atoms with van der Waals surface area (Å²) in [4.78, 5) is 41.6. The van der Waals surface area contributed by atoms with Crippen molar-refractivity contribution < 1.29 is 18.8 Å². The summed E-state index contributed by atoms with van der Waals surface area (Å²) in [6.45, 7) is 0.0258. The van der Waals surface area contributed by atoms with Gasteiger partial charge in [-0.15, -0.1) is 0 Å². The summed E-state index contributed by atoms with van der Waals surface area (Å²) in [5, 5.41) is 6.03. The number of hydrogen-bond acceptors (Lipinski definition) is 4. The minimum absolute atomic E-state index is 0.0617. The highest BCUT2D eigenvalue weighted by Gasteiger charge is 2.47. The topological polar surface area (TPSA) is 91.7 Å². The van der Waals surface area contributed by atoms with Gasteiger partial charge < -0.3 is 20.0 Å². The van der Waals surface area contributed by atoms with E-state index in [0.29, 0.717) is 24.2 Å². The first-order chi connectivity index (χ1) is 16.6. The Balaban J connectivity index is 1.55. The Morgan fingerprint density at radius 3 is 2.29 bits per heavy atom. The summed E-state index contributed by atoms with van der Waals surface area (Å²) in [6, 6.07) is 12.6. The van der Waals surface area contributed by atoms with E-state index in [-0.39, 0.29) is 36.9 Å². The van der Waals surface area contributed by atoms with Crippen LogP contribution in [0.1, 0.15) is 80.3 Å². The average molecular weight is 466 g/mol. The molecule has 0 atom stereocenters. The van der Waals surface area contributed by atoms with Gasteiger partial charge in [0.1, 0.15) is 11.3 Å². The first-order valence-corrected chi connectivity index (χ1v) is 12.6. The Labute approximate surface area is 201 Å². The van der Waals surface area contributed by atoms with E-state index in [2.05, 4.69) is 10.6 Å². The number of nitrogens with one attached hydrogen (secondary N) is 2. The molecule has 2 aromatic rings. The van der Waals surface area contributed by atoms with Crippen molar-refractivity contribution >= 4 is 17.7 Å². The molecule has 4 rings (SSSR count). The number of furan rings is 1. The second kappa shape index (κ2) is 11.4. The van der Waals surface area contributed by atoms with E-state index in [1.54, 1.807) is 41.5 Å². The number of carbonyl (C=O) groups excluding carboxylic acids is 3. The van der Waals surface area contributed by atoms with Gasteiger partial charge in [0.2, 0.25) is 11.8 Å². The molecule has 2 saturated carbocycles. The molecule has 0 spiro atoms. The molecule has 1 aromatic heterocycles. The van der Waals surface area contributed by atoms with Crippen molar-refractivity contribution in [1.29, 1.82) is 0 Å². The SMILES string of the molecule is O=C(NCC(=O)N(Cc1ccco1)C1(C(=O)NC2CCCCC2)CCCCC1)c1ccccc1. The van der Waals surface area contributed by atoms with Gasteiger partial charge in [0.15, 0.2) is 0 Å². The van der Waals surface area contributed by atoms with E-state index >= 15 is 0 Å². The van der Waals surface area contributed by atoms with Crippen molar-refractivity contribution in [2.75, 3.05) is 6.54 Å². The van der Waals surface area contributed by atoms with E-state index in [1.165, 1.54) is 6.42 Å². The third-order valence-electron chi connectivity index (χ3n) is 7.19. The van der Waals surface area contributed by atoms with Crippen LogP contribution < -0.4 is 10.6 Å². The smallest absolute Gasteiger partial charge is 0.251 e. The van der Waals surface area contributed by atoms with Gasteiger partial charge in [-0.25, -0.2) is 0 Å². The fraction of sp³-hybridized carbons (Fsp3) is 0.519. The number of rotatable bonds is 8. The van der Waals surface area contributed by atoms with E-state index in [9.17, 15) is 14.4 Å². The largest absolute Gasteiger partial charge is 0.467 e. The van der Waals surface area contributed by atoms with Crippen LogP contribution in [0.15, 0.2) is 53.1 Å². The molecular weight excluding hydrogens is 430 g/mol. The van der Waals surface area contributed by atoms with Crippen molar-refractivity contribution in [1.82, 2.24) is 15.5 Å². The number of nitrogens with zero attached hydrogens (tertiary/aromatic N) is 1. The minimum Gasteiger partial charge on any atom is -0.467 e. The molecule has 1 aromatic carbocycles. The van der Waals surface area contributed by atoms with E-state index < -0.39 is 5.54 Å². The monoisotopic (exact) mass is 465 g/mol. The van der Waals surface area contributed by atoms with Gasteiger partial charge in [-0.2, -0.15) is 0 Å². The third-order valence-corrected chi connectivity index (χ3v) is 7.19. The van der Waals surface area contributed by atoms with Crippen LogP contribution in [0.2, 0.25) is 0 Å². The normalized spacial score (nSPS) is 18.1. The molecule has 3 amide bonds. The summed E-state index contributed by atoms with van der Waals surface area (Å²) in [6.07, 6.45) is 11.1. The lowest BCUT2D eigenvalue weighted by molar-refractivity contribution is -0.151. The van der Waals surface area contributed by atoms with Crippen molar-refractivity contribution in [2.24, 2.45) is 0 Å². The lowest BCUT2D eigenvalue weighted by Gasteiger charge is -2.45. The van der Waals surface area contributed by atoms with Crippen LogP contribution in [-0.4, -0.2) is 40.7 Å². The van der Waals surface area contributed by atoms with Crippen LogP contribution in [0.5, 0.6) is 0 Å². The van der Waals surface area contributed by atoms with E-state index in [0.717, 1.165) is 44.9 Å². The molecule has 2 aliphatic rings. The zero-order valence-corrected chi connectivity index (χ0v) is 19.8. The fourth-order valence-electron chi connectivity index (χ4n) is 5.30. The van der Waals surface area contributed by atoms with Gasteiger partial charge >= 0.3 is 0 Å². The Morgan fingerprint density at radius 2 is 1.62 bits per heavy atom. The molecule has 0 bridgehead atoms. The summed E-state index contributed by atoms with van der Waals surface area (Å²) in [7, 11) is 0.